The van der Waals surface area contributed by atoms with Gasteiger partial charge in [-0.05, 0) is 43.3 Å². The maximum Gasteiger partial charge on any atom is 0.573 e. The molecule has 2 aromatic rings. The predicted octanol–water partition coefficient (Wildman–Crippen LogP) is 4.00. The van der Waals surface area contributed by atoms with Crippen LogP contribution in [0.2, 0.25) is 0 Å². The van der Waals surface area contributed by atoms with Crippen molar-refractivity contribution in [1.29, 1.82) is 5.26 Å². The van der Waals surface area contributed by atoms with E-state index in [4.69, 9.17) is 5.26 Å². The van der Waals surface area contributed by atoms with Crippen molar-refractivity contribution < 1.29 is 26.3 Å². The van der Waals surface area contributed by atoms with Crippen molar-refractivity contribution in [2.45, 2.75) is 24.6 Å². The lowest BCUT2D eigenvalue weighted by Gasteiger charge is -2.24. The lowest BCUT2D eigenvalue weighted by molar-refractivity contribution is -0.274. The minimum absolute atomic E-state index is 0.0393. The summed E-state index contributed by atoms with van der Waals surface area (Å²) >= 11 is 0. The zero-order valence-electron chi connectivity index (χ0n) is 13.7. The van der Waals surface area contributed by atoms with E-state index in [-0.39, 0.29) is 17.9 Å². The van der Waals surface area contributed by atoms with Crippen LogP contribution in [0.5, 0.6) is 5.75 Å². The fourth-order valence-corrected chi connectivity index (χ4v) is 3.66. The molecule has 0 fully saturated rings. The Balaban J connectivity index is 2.37. The number of halogens is 3. The Morgan fingerprint density at radius 1 is 1.08 bits per heavy atom. The maximum atomic E-state index is 12.9. The minimum Gasteiger partial charge on any atom is -0.406 e. The first-order chi connectivity index (χ1) is 12.1. The number of anilines is 1. The lowest BCUT2D eigenvalue weighted by atomic mass is 10.2. The summed E-state index contributed by atoms with van der Waals surface area (Å²) in [5, 5.41) is 8.79. The molecule has 0 saturated carbocycles. The molecule has 0 aliphatic heterocycles. The molecule has 2 rings (SSSR count). The predicted molar refractivity (Wildman–Crippen MR) is 89.1 cm³/mol. The van der Waals surface area contributed by atoms with E-state index in [1.165, 1.54) is 0 Å². The van der Waals surface area contributed by atoms with Crippen molar-refractivity contribution in [3.8, 4) is 11.8 Å². The first-order valence-corrected chi connectivity index (χ1v) is 8.90. The molecule has 0 aliphatic rings. The van der Waals surface area contributed by atoms with Gasteiger partial charge in [0, 0.05) is 6.54 Å². The fourth-order valence-electron chi connectivity index (χ4n) is 2.19. The number of hydrogen-bond acceptors (Lipinski definition) is 4. The van der Waals surface area contributed by atoms with Crippen LogP contribution in [0.4, 0.5) is 18.9 Å². The summed E-state index contributed by atoms with van der Waals surface area (Å²) in [5.41, 5.74) is 1.29. The topological polar surface area (TPSA) is 70.4 Å². The molecule has 2 aromatic carbocycles. The van der Waals surface area contributed by atoms with Crippen molar-refractivity contribution in [2.75, 3.05) is 10.8 Å². The van der Waals surface area contributed by atoms with E-state index >= 15 is 0 Å². The highest BCUT2D eigenvalue weighted by Gasteiger charge is 2.31. The van der Waals surface area contributed by atoms with Gasteiger partial charge in [-0.25, -0.2) is 8.42 Å². The van der Waals surface area contributed by atoms with Crippen molar-refractivity contribution in [3.63, 3.8) is 0 Å². The Kier molecular flexibility index (Phi) is 5.77. The molecule has 138 valence electrons. The Morgan fingerprint density at radius 2 is 1.65 bits per heavy atom. The number of alkyl halides is 3. The van der Waals surface area contributed by atoms with Crippen LogP contribution in [0.15, 0.2) is 53.4 Å². The summed E-state index contributed by atoms with van der Waals surface area (Å²) in [5.74, 6) is -0.518. The summed E-state index contributed by atoms with van der Waals surface area (Å²) in [6.45, 7) is 1.76. The third kappa shape index (κ3) is 4.89. The normalized spacial score (nSPS) is 11.7. The van der Waals surface area contributed by atoms with Gasteiger partial charge in [0.25, 0.3) is 10.0 Å². The molecule has 0 saturated heterocycles. The molecule has 5 nitrogen and oxygen atoms in total. The number of nitriles is 1. The van der Waals surface area contributed by atoms with E-state index in [9.17, 15) is 21.6 Å². The van der Waals surface area contributed by atoms with Crippen molar-refractivity contribution in [1.82, 2.24) is 0 Å². The Labute approximate surface area is 149 Å². The number of sulfonamides is 1. The minimum atomic E-state index is -4.86. The van der Waals surface area contributed by atoms with Gasteiger partial charge in [-0.1, -0.05) is 17.7 Å². The van der Waals surface area contributed by atoms with Gasteiger partial charge < -0.3 is 4.74 Å². The van der Waals surface area contributed by atoms with Gasteiger partial charge in [0.1, 0.15) is 5.75 Å². The third-order valence-corrected chi connectivity index (χ3v) is 5.24. The average molecular weight is 384 g/mol. The molecule has 0 N–H and O–H groups in total. The van der Waals surface area contributed by atoms with Gasteiger partial charge in [-0.2, -0.15) is 5.26 Å². The second-order valence-corrected chi connectivity index (χ2v) is 7.20. The monoisotopic (exact) mass is 384 g/mol. The first-order valence-electron chi connectivity index (χ1n) is 7.45. The summed E-state index contributed by atoms with van der Waals surface area (Å²) < 4.78 is 67.2. The second-order valence-electron chi connectivity index (χ2n) is 5.34. The molecule has 26 heavy (non-hydrogen) atoms. The van der Waals surface area contributed by atoms with Gasteiger partial charge >= 0.3 is 6.36 Å². The molecule has 9 heteroatoms. The van der Waals surface area contributed by atoms with Crippen molar-refractivity contribution in [3.05, 3.63) is 54.1 Å². The highest BCUT2D eigenvalue weighted by atomic mass is 32.2. The van der Waals surface area contributed by atoms with Crippen LogP contribution in [-0.4, -0.2) is 21.3 Å². The van der Waals surface area contributed by atoms with E-state index in [2.05, 4.69) is 4.74 Å². The van der Waals surface area contributed by atoms with Crippen molar-refractivity contribution in [2.24, 2.45) is 0 Å². The smallest absolute Gasteiger partial charge is 0.406 e. The van der Waals surface area contributed by atoms with Crippen LogP contribution in [0.3, 0.4) is 0 Å². The highest BCUT2D eigenvalue weighted by molar-refractivity contribution is 7.92. The third-order valence-electron chi connectivity index (χ3n) is 3.39. The largest absolute Gasteiger partial charge is 0.573 e. The Bertz CT molecular complexity index is 887. The summed E-state index contributed by atoms with van der Waals surface area (Å²) in [7, 11) is -4.05. The molecule has 0 heterocycles. The van der Waals surface area contributed by atoms with Gasteiger partial charge in [0.15, 0.2) is 0 Å². The van der Waals surface area contributed by atoms with Crippen LogP contribution in [0.1, 0.15) is 12.0 Å². The Morgan fingerprint density at radius 3 is 2.15 bits per heavy atom. The van der Waals surface area contributed by atoms with E-state index in [1.807, 2.05) is 13.0 Å². The van der Waals surface area contributed by atoms with Crippen LogP contribution in [-0.2, 0) is 10.0 Å². The molecule has 0 aromatic heterocycles. The zero-order valence-corrected chi connectivity index (χ0v) is 14.5. The summed E-state index contributed by atoms with van der Waals surface area (Å²) in [4.78, 5) is -0.203. The quantitative estimate of drug-likeness (QED) is 0.755. The lowest BCUT2D eigenvalue weighted by Crippen LogP contribution is -2.32. The molecule has 0 radical (unpaired) electrons. The van der Waals surface area contributed by atoms with Crippen molar-refractivity contribution >= 4 is 15.7 Å². The highest BCUT2D eigenvalue weighted by Crippen LogP contribution is 2.27. The summed E-state index contributed by atoms with van der Waals surface area (Å²) in [6, 6.07) is 12.5. The van der Waals surface area contributed by atoms with Gasteiger partial charge in [0.05, 0.1) is 23.1 Å². The molecular weight excluding hydrogens is 369 g/mol. The molecule has 0 atom stereocenters. The second kappa shape index (κ2) is 7.66. The Hall–Kier alpha value is -2.73. The molecule has 0 bridgehead atoms. The number of nitrogens with zero attached hydrogens (tertiary/aromatic N) is 2. The van der Waals surface area contributed by atoms with E-state index < -0.39 is 22.1 Å². The number of ether oxygens (including phenoxy) is 1. The fraction of sp³-hybridized carbons (Fsp3) is 0.235. The van der Waals surface area contributed by atoms with E-state index in [0.717, 1.165) is 34.1 Å². The van der Waals surface area contributed by atoms with E-state index in [1.54, 1.807) is 24.3 Å². The maximum absolute atomic E-state index is 12.9. The van der Waals surface area contributed by atoms with Gasteiger partial charge in [-0.15, -0.1) is 13.2 Å². The summed E-state index contributed by atoms with van der Waals surface area (Å²) in [6.07, 6.45) is -4.90. The molecule has 0 spiro atoms. The standard InChI is InChI=1S/C17H15F3N2O3S/c1-13-3-5-14(6-4-13)22(12-2-11-21)26(23,24)16-9-7-15(8-10-16)25-17(18,19)20/h3-10H,2,12H2,1H3. The van der Waals surface area contributed by atoms with E-state index in [0.29, 0.717) is 5.69 Å². The molecular formula is C17H15F3N2O3S. The number of rotatable bonds is 6. The van der Waals surface area contributed by atoms with Crippen LogP contribution < -0.4 is 9.04 Å². The zero-order chi connectivity index (χ0) is 19.4. The first kappa shape index (κ1) is 19.6. The average Bonchev–Trinajstić information content (AvgIpc) is 2.55. The van der Waals surface area contributed by atoms with Crippen LogP contribution >= 0.6 is 0 Å². The number of aryl methyl sites for hydroxylation is 1. The molecule has 0 unspecified atom stereocenters. The van der Waals surface area contributed by atoms with Gasteiger partial charge in [0.2, 0.25) is 0 Å². The van der Waals surface area contributed by atoms with Crippen LogP contribution in [0, 0.1) is 18.3 Å². The van der Waals surface area contributed by atoms with Gasteiger partial charge in [-0.3, -0.25) is 4.31 Å². The number of benzene rings is 2. The number of hydrogen-bond donors (Lipinski definition) is 0. The molecule has 0 aliphatic carbocycles. The molecule has 0 amide bonds. The SMILES string of the molecule is Cc1ccc(N(CCC#N)S(=O)(=O)c2ccc(OC(F)(F)F)cc2)cc1. The van der Waals surface area contributed by atoms with Crippen LogP contribution in [0.25, 0.3) is 0 Å².